The lowest BCUT2D eigenvalue weighted by atomic mass is 9.83. The summed E-state index contributed by atoms with van der Waals surface area (Å²) in [6.07, 6.45) is 6.69. The van der Waals surface area contributed by atoms with Gasteiger partial charge in [-0.15, -0.1) is 0 Å². The van der Waals surface area contributed by atoms with Crippen LogP contribution in [0.4, 0.5) is 5.69 Å². The molecule has 0 aromatic heterocycles. The number of rotatable bonds is 4. The van der Waals surface area contributed by atoms with Crippen LogP contribution in [0.5, 0.6) is 0 Å². The van der Waals surface area contributed by atoms with Crippen molar-refractivity contribution in [3.05, 3.63) is 29.8 Å². The van der Waals surface area contributed by atoms with Crippen LogP contribution in [0.3, 0.4) is 0 Å². The Hall–Kier alpha value is -2.12. The molecular formula is C25H36N4O3. The molecule has 1 N–H and O–H groups in total. The number of piperazine rings is 1. The number of hydrogen-bond acceptors (Lipinski definition) is 5. The zero-order chi connectivity index (χ0) is 21.9. The number of morpholine rings is 1. The summed E-state index contributed by atoms with van der Waals surface area (Å²) >= 11 is 0. The van der Waals surface area contributed by atoms with E-state index in [0.29, 0.717) is 38.9 Å². The van der Waals surface area contributed by atoms with Gasteiger partial charge in [-0.05, 0) is 30.9 Å². The Balaban J connectivity index is 1.30. The number of hydrogen-bond donors (Lipinski definition) is 1. The standard InChI is InChI=1S/C25H36N4O3/c30-24(28-12-14-32-15-13-28)18-27-10-11-29-22-9-5-4-6-19(22)16-21(23(29)17-27)25(31)26-20-7-2-1-3-8-20/h4-6,9,20-21,23H,1-3,7-8,10-18H2,(H,26,31). The average Bonchev–Trinajstić information content (AvgIpc) is 2.84. The van der Waals surface area contributed by atoms with Gasteiger partial charge >= 0.3 is 0 Å². The maximum absolute atomic E-state index is 13.5. The largest absolute Gasteiger partial charge is 0.378 e. The summed E-state index contributed by atoms with van der Waals surface area (Å²) in [5.74, 6) is 0.303. The minimum absolute atomic E-state index is 0.0758. The molecule has 3 fully saturated rings. The van der Waals surface area contributed by atoms with Crippen molar-refractivity contribution in [2.45, 2.75) is 50.6 Å². The SMILES string of the molecule is O=C(NC1CCCCC1)C1Cc2ccccc2N2CCN(CC(=O)N3CCOCC3)CC12. The number of carbonyl (C=O) groups is 2. The summed E-state index contributed by atoms with van der Waals surface area (Å²) in [4.78, 5) is 32.9. The minimum Gasteiger partial charge on any atom is -0.378 e. The number of anilines is 1. The second-order valence-corrected chi connectivity index (χ2v) is 9.77. The zero-order valence-corrected chi connectivity index (χ0v) is 19.0. The topological polar surface area (TPSA) is 65.1 Å². The van der Waals surface area contributed by atoms with Crippen molar-refractivity contribution < 1.29 is 14.3 Å². The van der Waals surface area contributed by atoms with Crippen molar-refractivity contribution in [2.24, 2.45) is 5.92 Å². The molecule has 0 radical (unpaired) electrons. The van der Waals surface area contributed by atoms with Crippen LogP contribution < -0.4 is 10.2 Å². The summed E-state index contributed by atoms with van der Waals surface area (Å²) in [6, 6.07) is 8.95. The second-order valence-electron chi connectivity index (χ2n) is 9.77. The Bertz CT molecular complexity index is 819. The maximum Gasteiger partial charge on any atom is 0.236 e. The van der Waals surface area contributed by atoms with Crippen molar-refractivity contribution in [3.8, 4) is 0 Å². The van der Waals surface area contributed by atoms with Crippen LogP contribution in [0.1, 0.15) is 37.7 Å². The van der Waals surface area contributed by atoms with E-state index in [1.165, 1.54) is 30.5 Å². The summed E-state index contributed by atoms with van der Waals surface area (Å²) < 4.78 is 5.39. The fourth-order valence-electron chi connectivity index (χ4n) is 5.92. The third kappa shape index (κ3) is 4.64. The number of benzene rings is 1. The van der Waals surface area contributed by atoms with Gasteiger partial charge in [0.25, 0.3) is 0 Å². The molecule has 0 bridgehead atoms. The Morgan fingerprint density at radius 2 is 1.78 bits per heavy atom. The molecule has 2 amide bonds. The van der Waals surface area contributed by atoms with E-state index in [0.717, 1.165) is 38.9 Å². The van der Waals surface area contributed by atoms with E-state index in [4.69, 9.17) is 4.74 Å². The summed E-state index contributed by atoms with van der Waals surface area (Å²) in [7, 11) is 0. The predicted octanol–water partition coefficient (Wildman–Crippen LogP) is 1.66. The molecule has 7 heteroatoms. The van der Waals surface area contributed by atoms with Gasteiger partial charge in [0.1, 0.15) is 0 Å². The van der Waals surface area contributed by atoms with Gasteiger partial charge in [0.15, 0.2) is 0 Å². The van der Waals surface area contributed by atoms with Crippen molar-refractivity contribution in [2.75, 3.05) is 57.4 Å². The number of amides is 2. The first kappa shape index (κ1) is 21.7. The zero-order valence-electron chi connectivity index (χ0n) is 19.0. The third-order valence-corrected chi connectivity index (χ3v) is 7.72. The molecule has 3 aliphatic heterocycles. The highest BCUT2D eigenvalue weighted by Gasteiger charge is 2.42. The molecular weight excluding hydrogens is 404 g/mol. The summed E-state index contributed by atoms with van der Waals surface area (Å²) in [5.41, 5.74) is 2.53. The van der Waals surface area contributed by atoms with Crippen molar-refractivity contribution in [1.29, 1.82) is 0 Å². The van der Waals surface area contributed by atoms with Crippen LogP contribution in [0.2, 0.25) is 0 Å². The first-order valence-corrected chi connectivity index (χ1v) is 12.4. The van der Waals surface area contributed by atoms with E-state index in [2.05, 4.69) is 39.4 Å². The van der Waals surface area contributed by atoms with Gasteiger partial charge in [-0.3, -0.25) is 14.5 Å². The quantitative estimate of drug-likeness (QED) is 0.772. The first-order valence-electron chi connectivity index (χ1n) is 12.4. The fraction of sp³-hybridized carbons (Fsp3) is 0.680. The lowest BCUT2D eigenvalue weighted by molar-refractivity contribution is -0.136. The number of nitrogens with zero attached hydrogens (tertiary/aromatic N) is 3. The molecule has 174 valence electrons. The Morgan fingerprint density at radius 1 is 1.00 bits per heavy atom. The van der Waals surface area contributed by atoms with E-state index in [1.54, 1.807) is 0 Å². The van der Waals surface area contributed by atoms with Gasteiger partial charge < -0.3 is 19.9 Å². The lowest BCUT2D eigenvalue weighted by Crippen LogP contribution is -2.62. The van der Waals surface area contributed by atoms with Gasteiger partial charge in [-0.1, -0.05) is 37.5 Å². The molecule has 2 saturated heterocycles. The number of carbonyl (C=O) groups excluding carboxylic acids is 2. The van der Waals surface area contributed by atoms with Gasteiger partial charge in [-0.25, -0.2) is 0 Å². The Labute approximate surface area is 191 Å². The molecule has 1 aromatic rings. The van der Waals surface area contributed by atoms with Gasteiger partial charge in [-0.2, -0.15) is 0 Å². The molecule has 5 rings (SSSR count). The molecule has 1 aliphatic carbocycles. The Morgan fingerprint density at radius 3 is 2.59 bits per heavy atom. The Kier molecular flexibility index (Phi) is 6.64. The smallest absolute Gasteiger partial charge is 0.236 e. The van der Waals surface area contributed by atoms with Crippen LogP contribution in [-0.4, -0.2) is 86.2 Å². The van der Waals surface area contributed by atoms with Crippen LogP contribution in [0, 0.1) is 5.92 Å². The number of fused-ring (bicyclic) bond motifs is 3. The highest BCUT2D eigenvalue weighted by molar-refractivity contribution is 5.82. The summed E-state index contributed by atoms with van der Waals surface area (Å²) in [6.45, 7) is 5.51. The van der Waals surface area contributed by atoms with Gasteiger partial charge in [0.05, 0.1) is 31.7 Å². The molecule has 2 atom stereocenters. The number of nitrogens with one attached hydrogen (secondary N) is 1. The fourth-order valence-corrected chi connectivity index (χ4v) is 5.92. The van der Waals surface area contributed by atoms with E-state index in [-0.39, 0.29) is 23.8 Å². The molecule has 3 heterocycles. The number of ether oxygens (including phenoxy) is 1. The highest BCUT2D eigenvalue weighted by atomic mass is 16.5. The third-order valence-electron chi connectivity index (χ3n) is 7.72. The molecule has 0 spiro atoms. The van der Waals surface area contributed by atoms with Crippen LogP contribution in [0.25, 0.3) is 0 Å². The normalized spacial score (nSPS) is 26.9. The molecule has 4 aliphatic rings. The minimum atomic E-state index is -0.0758. The van der Waals surface area contributed by atoms with E-state index < -0.39 is 0 Å². The van der Waals surface area contributed by atoms with E-state index in [9.17, 15) is 9.59 Å². The number of para-hydroxylation sites is 1. The lowest BCUT2D eigenvalue weighted by Gasteiger charge is -2.49. The van der Waals surface area contributed by atoms with Crippen molar-refractivity contribution in [3.63, 3.8) is 0 Å². The van der Waals surface area contributed by atoms with E-state index >= 15 is 0 Å². The van der Waals surface area contributed by atoms with Crippen LogP contribution >= 0.6 is 0 Å². The maximum atomic E-state index is 13.5. The molecule has 2 unspecified atom stereocenters. The average molecular weight is 441 g/mol. The van der Waals surface area contributed by atoms with Crippen LogP contribution in [0.15, 0.2) is 24.3 Å². The van der Waals surface area contributed by atoms with Crippen molar-refractivity contribution >= 4 is 17.5 Å². The van der Waals surface area contributed by atoms with Gasteiger partial charge in [0.2, 0.25) is 11.8 Å². The summed E-state index contributed by atoms with van der Waals surface area (Å²) in [5, 5.41) is 3.39. The molecule has 1 aromatic carbocycles. The first-order chi connectivity index (χ1) is 15.7. The molecule has 1 saturated carbocycles. The van der Waals surface area contributed by atoms with Gasteiger partial charge in [0, 0.05) is 44.5 Å². The van der Waals surface area contributed by atoms with Crippen LogP contribution in [-0.2, 0) is 20.7 Å². The molecule has 7 nitrogen and oxygen atoms in total. The predicted molar refractivity (Wildman–Crippen MR) is 124 cm³/mol. The second kappa shape index (κ2) is 9.79. The van der Waals surface area contributed by atoms with E-state index in [1.807, 2.05) is 4.90 Å². The molecule has 32 heavy (non-hydrogen) atoms. The highest BCUT2D eigenvalue weighted by Crippen LogP contribution is 2.36. The van der Waals surface area contributed by atoms with Crippen molar-refractivity contribution in [1.82, 2.24) is 15.1 Å². The monoisotopic (exact) mass is 440 g/mol.